The van der Waals surface area contributed by atoms with Crippen molar-refractivity contribution in [3.05, 3.63) is 46.9 Å². The van der Waals surface area contributed by atoms with Gasteiger partial charge in [-0.3, -0.25) is 9.59 Å². The van der Waals surface area contributed by atoms with Crippen LogP contribution in [0.1, 0.15) is 40.8 Å². The molecule has 0 radical (unpaired) electrons. The highest BCUT2D eigenvalue weighted by atomic mass is 32.2. The minimum atomic E-state index is -0.127. The molecule has 0 unspecified atom stereocenters. The second-order valence-electron chi connectivity index (χ2n) is 5.83. The topological polar surface area (TPSA) is 72.0 Å². The Hall–Kier alpha value is -2.21. The van der Waals surface area contributed by atoms with E-state index in [0.29, 0.717) is 17.0 Å². The smallest absolute Gasteiger partial charge is 0.221 e. The highest BCUT2D eigenvalue weighted by Crippen LogP contribution is 2.29. The summed E-state index contributed by atoms with van der Waals surface area (Å²) in [6, 6.07) is 6.96. The second kappa shape index (κ2) is 7.13. The van der Waals surface area contributed by atoms with Crippen LogP contribution in [-0.2, 0) is 17.6 Å². The summed E-state index contributed by atoms with van der Waals surface area (Å²) in [4.78, 5) is 32.4. The molecule has 124 valence electrons. The molecule has 0 saturated carbocycles. The molecule has 0 saturated heterocycles. The van der Waals surface area contributed by atoms with Crippen molar-refractivity contribution < 1.29 is 9.59 Å². The van der Waals surface area contributed by atoms with Gasteiger partial charge in [0.2, 0.25) is 5.91 Å². The fourth-order valence-corrected chi connectivity index (χ4v) is 3.82. The molecule has 0 spiro atoms. The SMILES string of the molecule is CC(=O)Nc1ccc(C(=O)CSc2nc(C)nc3c2CCC3)cc1. The van der Waals surface area contributed by atoms with Gasteiger partial charge in [-0.15, -0.1) is 0 Å². The largest absolute Gasteiger partial charge is 0.326 e. The number of ketones is 1. The van der Waals surface area contributed by atoms with E-state index >= 15 is 0 Å². The number of nitrogens with one attached hydrogen (secondary N) is 1. The van der Waals surface area contributed by atoms with Gasteiger partial charge in [0.05, 0.1) is 5.75 Å². The number of hydrogen-bond acceptors (Lipinski definition) is 5. The molecular weight excluding hydrogens is 322 g/mol. The molecule has 1 N–H and O–H groups in total. The van der Waals surface area contributed by atoms with Crippen molar-refractivity contribution in [2.24, 2.45) is 0 Å². The van der Waals surface area contributed by atoms with Crippen LogP contribution in [0.5, 0.6) is 0 Å². The van der Waals surface area contributed by atoms with Crippen LogP contribution in [0.25, 0.3) is 0 Å². The van der Waals surface area contributed by atoms with E-state index in [1.165, 1.54) is 24.2 Å². The molecule has 2 aromatic rings. The maximum Gasteiger partial charge on any atom is 0.221 e. The van der Waals surface area contributed by atoms with Crippen molar-refractivity contribution in [3.8, 4) is 0 Å². The third-order valence-corrected chi connectivity index (χ3v) is 4.89. The molecule has 1 aliphatic rings. The van der Waals surface area contributed by atoms with Crippen LogP contribution in [0.4, 0.5) is 5.69 Å². The zero-order valence-electron chi connectivity index (χ0n) is 13.8. The zero-order chi connectivity index (χ0) is 17.1. The molecule has 6 heteroatoms. The predicted molar refractivity (Wildman–Crippen MR) is 94.6 cm³/mol. The second-order valence-corrected chi connectivity index (χ2v) is 6.79. The number of anilines is 1. The molecular formula is C18H19N3O2S. The van der Waals surface area contributed by atoms with Gasteiger partial charge >= 0.3 is 0 Å². The Labute approximate surface area is 145 Å². The summed E-state index contributed by atoms with van der Waals surface area (Å²) >= 11 is 1.49. The Morgan fingerprint density at radius 2 is 1.92 bits per heavy atom. The van der Waals surface area contributed by atoms with E-state index in [0.717, 1.165) is 35.8 Å². The third kappa shape index (κ3) is 3.82. The van der Waals surface area contributed by atoms with Crippen molar-refractivity contribution in [1.29, 1.82) is 0 Å². The standard InChI is InChI=1S/C18H19N3O2S/c1-11-19-16-5-3-4-15(16)18(20-11)24-10-17(23)13-6-8-14(9-7-13)21-12(2)22/h6-9H,3-5,10H2,1-2H3,(H,21,22). The molecule has 1 aromatic carbocycles. The fraction of sp³-hybridized carbons (Fsp3) is 0.333. The summed E-state index contributed by atoms with van der Waals surface area (Å²) in [5.41, 5.74) is 3.67. The lowest BCUT2D eigenvalue weighted by atomic mass is 10.1. The number of aromatic nitrogens is 2. The monoisotopic (exact) mass is 341 g/mol. The average molecular weight is 341 g/mol. The zero-order valence-corrected chi connectivity index (χ0v) is 14.6. The van der Waals surface area contributed by atoms with Crippen molar-refractivity contribution in [2.45, 2.75) is 38.1 Å². The molecule has 5 nitrogen and oxygen atoms in total. The summed E-state index contributed by atoms with van der Waals surface area (Å²) in [6.07, 6.45) is 3.11. The number of nitrogens with zero attached hydrogens (tertiary/aromatic N) is 2. The molecule has 1 amide bonds. The molecule has 1 heterocycles. The summed E-state index contributed by atoms with van der Waals surface area (Å²) < 4.78 is 0. The van der Waals surface area contributed by atoms with Gasteiger partial charge < -0.3 is 5.32 Å². The van der Waals surface area contributed by atoms with Crippen molar-refractivity contribution in [1.82, 2.24) is 9.97 Å². The van der Waals surface area contributed by atoms with E-state index in [4.69, 9.17) is 0 Å². The van der Waals surface area contributed by atoms with Crippen LogP contribution >= 0.6 is 11.8 Å². The average Bonchev–Trinajstić information content (AvgIpc) is 3.00. The lowest BCUT2D eigenvalue weighted by molar-refractivity contribution is -0.114. The maximum atomic E-state index is 12.4. The maximum absolute atomic E-state index is 12.4. The summed E-state index contributed by atoms with van der Waals surface area (Å²) in [7, 11) is 0. The number of aryl methyl sites for hydroxylation is 2. The van der Waals surface area contributed by atoms with Gasteiger partial charge in [0.25, 0.3) is 0 Å². The minimum absolute atomic E-state index is 0.0531. The van der Waals surface area contributed by atoms with Gasteiger partial charge in [0, 0.05) is 29.4 Å². The predicted octanol–water partition coefficient (Wildman–Crippen LogP) is 3.21. The number of Topliss-reactive ketones (excluding diaryl/α,β-unsaturated/α-hetero) is 1. The Kier molecular flexibility index (Phi) is 4.94. The first-order chi connectivity index (χ1) is 11.5. The summed E-state index contributed by atoms with van der Waals surface area (Å²) in [5, 5.41) is 3.63. The minimum Gasteiger partial charge on any atom is -0.326 e. The molecule has 1 aliphatic carbocycles. The van der Waals surface area contributed by atoms with Gasteiger partial charge in [0.1, 0.15) is 10.9 Å². The summed E-state index contributed by atoms with van der Waals surface area (Å²) in [6.45, 7) is 3.35. The van der Waals surface area contributed by atoms with Crippen LogP contribution in [0, 0.1) is 6.92 Å². The molecule has 24 heavy (non-hydrogen) atoms. The number of carbonyl (C=O) groups is 2. The van der Waals surface area contributed by atoms with Gasteiger partial charge in [-0.05, 0) is 50.5 Å². The number of fused-ring (bicyclic) bond motifs is 1. The van der Waals surface area contributed by atoms with Crippen LogP contribution in [-0.4, -0.2) is 27.4 Å². The Bertz CT molecular complexity index is 788. The first-order valence-electron chi connectivity index (χ1n) is 7.93. The van der Waals surface area contributed by atoms with Gasteiger partial charge in [-0.2, -0.15) is 0 Å². The van der Waals surface area contributed by atoms with Crippen molar-refractivity contribution >= 4 is 29.1 Å². The van der Waals surface area contributed by atoms with E-state index in [2.05, 4.69) is 15.3 Å². The lowest BCUT2D eigenvalue weighted by Crippen LogP contribution is -2.07. The number of rotatable bonds is 5. The van der Waals surface area contributed by atoms with Gasteiger partial charge in [-0.1, -0.05) is 11.8 Å². The van der Waals surface area contributed by atoms with E-state index in [-0.39, 0.29) is 11.7 Å². The number of amides is 1. The molecule has 0 bridgehead atoms. The van der Waals surface area contributed by atoms with Crippen LogP contribution < -0.4 is 5.32 Å². The van der Waals surface area contributed by atoms with E-state index in [1.807, 2.05) is 6.92 Å². The molecule has 3 rings (SSSR count). The number of benzene rings is 1. The number of thioether (sulfide) groups is 1. The van der Waals surface area contributed by atoms with Crippen molar-refractivity contribution in [3.63, 3.8) is 0 Å². The van der Waals surface area contributed by atoms with Gasteiger partial charge in [0.15, 0.2) is 5.78 Å². The van der Waals surface area contributed by atoms with Crippen molar-refractivity contribution in [2.75, 3.05) is 11.1 Å². The Balaban J connectivity index is 1.67. The molecule has 1 aromatic heterocycles. The first kappa shape index (κ1) is 16.6. The van der Waals surface area contributed by atoms with E-state index in [9.17, 15) is 9.59 Å². The number of hydrogen-bond donors (Lipinski definition) is 1. The quantitative estimate of drug-likeness (QED) is 0.514. The lowest BCUT2D eigenvalue weighted by Gasteiger charge is -2.08. The van der Waals surface area contributed by atoms with E-state index < -0.39 is 0 Å². The fourth-order valence-electron chi connectivity index (χ4n) is 2.80. The van der Waals surface area contributed by atoms with Crippen LogP contribution in [0.2, 0.25) is 0 Å². The first-order valence-corrected chi connectivity index (χ1v) is 8.91. The highest BCUT2D eigenvalue weighted by molar-refractivity contribution is 8.00. The van der Waals surface area contributed by atoms with Gasteiger partial charge in [-0.25, -0.2) is 9.97 Å². The third-order valence-electron chi connectivity index (χ3n) is 3.87. The number of carbonyl (C=O) groups excluding carboxylic acids is 2. The molecule has 0 fully saturated rings. The Morgan fingerprint density at radius 3 is 2.62 bits per heavy atom. The highest BCUT2D eigenvalue weighted by Gasteiger charge is 2.19. The van der Waals surface area contributed by atoms with Crippen LogP contribution in [0.3, 0.4) is 0 Å². The molecule has 0 atom stereocenters. The van der Waals surface area contributed by atoms with E-state index in [1.54, 1.807) is 24.3 Å². The van der Waals surface area contributed by atoms with Crippen LogP contribution in [0.15, 0.2) is 29.3 Å². The Morgan fingerprint density at radius 1 is 1.17 bits per heavy atom. The summed E-state index contributed by atoms with van der Waals surface area (Å²) in [5.74, 6) is 1.04. The molecule has 0 aliphatic heterocycles. The normalized spacial score (nSPS) is 12.8.